The molecule has 1 aromatic rings. The number of allylic oxidation sites excluding steroid dienone is 7. The van der Waals surface area contributed by atoms with Crippen molar-refractivity contribution < 1.29 is 9.50 Å². The lowest BCUT2D eigenvalue weighted by molar-refractivity contribution is 0.173. The van der Waals surface area contributed by atoms with E-state index in [1.165, 1.54) is 75.5 Å². The summed E-state index contributed by atoms with van der Waals surface area (Å²) in [6, 6.07) is 4.26. The third-order valence-corrected chi connectivity index (χ3v) is 7.96. The van der Waals surface area contributed by atoms with Gasteiger partial charge < -0.3 is 14.9 Å². The first kappa shape index (κ1) is 21.5. The molecule has 2 unspecified atom stereocenters. The number of aromatic hydroxyl groups is 1. The molecule has 4 aliphatic rings. The van der Waals surface area contributed by atoms with Gasteiger partial charge in [-0.3, -0.25) is 0 Å². The smallest absolute Gasteiger partial charge is 0.131 e. The lowest BCUT2D eigenvalue weighted by Crippen LogP contribution is -2.37. The molecule has 5 rings (SSSR count). The number of nitrogens with zero attached hydrogens (tertiary/aromatic N) is 2. The Balaban J connectivity index is 1.28. The molecule has 3 nitrogen and oxygen atoms in total. The Morgan fingerprint density at radius 2 is 1.84 bits per heavy atom. The van der Waals surface area contributed by atoms with Gasteiger partial charge in [-0.05, 0) is 79.1 Å². The van der Waals surface area contributed by atoms with Gasteiger partial charge in [-0.15, -0.1) is 0 Å². The third-order valence-electron chi connectivity index (χ3n) is 7.96. The fourth-order valence-electron chi connectivity index (χ4n) is 6.06. The molecule has 0 radical (unpaired) electrons. The van der Waals surface area contributed by atoms with Crippen molar-refractivity contribution in [3.8, 4) is 5.75 Å². The van der Waals surface area contributed by atoms with Crippen molar-refractivity contribution in [2.45, 2.75) is 38.5 Å². The van der Waals surface area contributed by atoms with E-state index in [0.717, 1.165) is 36.1 Å². The molecule has 1 aromatic carbocycles. The monoisotopic (exact) mass is 434 g/mol. The molecule has 1 heterocycles. The van der Waals surface area contributed by atoms with Gasteiger partial charge >= 0.3 is 0 Å². The summed E-state index contributed by atoms with van der Waals surface area (Å²) in [5, 5.41) is 9.86. The molecule has 3 atom stereocenters. The highest BCUT2D eigenvalue weighted by Gasteiger charge is 2.29. The van der Waals surface area contributed by atoms with Crippen LogP contribution in [-0.4, -0.2) is 48.1 Å². The van der Waals surface area contributed by atoms with E-state index in [2.05, 4.69) is 41.2 Å². The number of benzene rings is 1. The minimum absolute atomic E-state index is 0.0941. The Bertz CT molecular complexity index is 976. The molecule has 0 bridgehead atoms. The Kier molecular flexibility index (Phi) is 6.23. The first-order valence-corrected chi connectivity index (χ1v) is 12.3. The second-order valence-corrected chi connectivity index (χ2v) is 10.0. The van der Waals surface area contributed by atoms with Crippen LogP contribution in [0.4, 0.5) is 4.39 Å². The van der Waals surface area contributed by atoms with Crippen LogP contribution in [0.1, 0.15) is 44.1 Å². The topological polar surface area (TPSA) is 26.7 Å². The molecule has 2 fully saturated rings. The van der Waals surface area contributed by atoms with E-state index in [0.29, 0.717) is 5.56 Å². The number of hydrogen-bond acceptors (Lipinski definition) is 3. The molecule has 32 heavy (non-hydrogen) atoms. The van der Waals surface area contributed by atoms with Gasteiger partial charge in [0.25, 0.3) is 0 Å². The Morgan fingerprint density at radius 3 is 2.72 bits per heavy atom. The maximum absolute atomic E-state index is 14.5. The standard InChI is InChI=1S/C28H35FN2O/c1-30(15-16-31-14-4-7-20-5-2-3-6-22(20)19-31)23-10-8-21-9-12-25(26(21)17-23)27-18-24(32)11-13-28(27)29/h8-13,17-18,20-22,32H,2-7,14-16,19H2,1H3/t20?,21?,22-/m0/s1. The quantitative estimate of drug-likeness (QED) is 0.638. The van der Waals surface area contributed by atoms with Crippen LogP contribution in [0.3, 0.4) is 0 Å². The van der Waals surface area contributed by atoms with Crippen LogP contribution in [0.15, 0.2) is 59.8 Å². The van der Waals surface area contributed by atoms with E-state index in [4.69, 9.17) is 0 Å². The SMILES string of the molecule is CN(CCN1CCCC2CCCC[C@H]2C1)C1=CC2=C(c3cc(O)ccc3F)C=CC2C=C1. The van der Waals surface area contributed by atoms with Gasteiger partial charge in [-0.1, -0.05) is 37.5 Å². The second kappa shape index (κ2) is 9.27. The first-order chi connectivity index (χ1) is 15.6. The van der Waals surface area contributed by atoms with E-state index in [9.17, 15) is 9.50 Å². The van der Waals surface area contributed by atoms with Gasteiger partial charge in [0, 0.05) is 43.9 Å². The van der Waals surface area contributed by atoms with Crippen molar-refractivity contribution in [2.24, 2.45) is 17.8 Å². The molecule has 3 aliphatic carbocycles. The highest BCUT2D eigenvalue weighted by molar-refractivity contribution is 5.84. The summed E-state index contributed by atoms with van der Waals surface area (Å²) in [5.74, 6) is 1.84. The zero-order valence-electron chi connectivity index (χ0n) is 19.1. The molecular weight excluding hydrogens is 399 g/mol. The van der Waals surface area contributed by atoms with E-state index in [1.54, 1.807) is 0 Å². The van der Waals surface area contributed by atoms with Crippen molar-refractivity contribution >= 4 is 5.57 Å². The zero-order chi connectivity index (χ0) is 22.1. The average molecular weight is 435 g/mol. The van der Waals surface area contributed by atoms with Crippen LogP contribution in [0.25, 0.3) is 5.57 Å². The summed E-state index contributed by atoms with van der Waals surface area (Å²) in [5.41, 5.74) is 3.62. The number of halogens is 1. The van der Waals surface area contributed by atoms with Crippen LogP contribution in [0, 0.1) is 23.6 Å². The van der Waals surface area contributed by atoms with E-state index >= 15 is 0 Å². The Labute approximate surface area is 191 Å². The largest absolute Gasteiger partial charge is 0.508 e. The summed E-state index contributed by atoms with van der Waals surface area (Å²) in [6.07, 6.45) is 19.2. The summed E-state index contributed by atoms with van der Waals surface area (Å²) in [4.78, 5) is 5.02. The summed E-state index contributed by atoms with van der Waals surface area (Å²) < 4.78 is 14.5. The molecule has 1 N–H and O–H groups in total. The summed E-state index contributed by atoms with van der Waals surface area (Å²) in [6.45, 7) is 4.59. The van der Waals surface area contributed by atoms with E-state index in [-0.39, 0.29) is 17.5 Å². The number of phenolic OH excluding ortho intramolecular Hbond substituents is 1. The average Bonchev–Trinajstić information content (AvgIpc) is 3.11. The number of rotatable bonds is 5. The number of likely N-dealkylation sites (N-methyl/N-ethyl adjacent to an activating group) is 1. The molecule has 0 amide bonds. The zero-order valence-corrected chi connectivity index (χ0v) is 19.1. The number of hydrogen-bond donors (Lipinski definition) is 1. The Morgan fingerprint density at radius 1 is 1.06 bits per heavy atom. The molecule has 170 valence electrons. The number of likely N-dealkylation sites (tertiary alicyclic amines) is 1. The fourth-order valence-corrected chi connectivity index (χ4v) is 6.06. The fraction of sp³-hybridized carbons (Fsp3) is 0.500. The van der Waals surface area contributed by atoms with Gasteiger partial charge in [0.15, 0.2) is 0 Å². The van der Waals surface area contributed by atoms with Crippen LogP contribution >= 0.6 is 0 Å². The van der Waals surface area contributed by atoms with Crippen molar-refractivity contribution in [3.05, 3.63) is 71.2 Å². The lowest BCUT2D eigenvalue weighted by atomic mass is 9.77. The summed E-state index contributed by atoms with van der Waals surface area (Å²) >= 11 is 0. The van der Waals surface area contributed by atoms with Crippen molar-refractivity contribution in [1.29, 1.82) is 0 Å². The predicted molar refractivity (Wildman–Crippen MR) is 129 cm³/mol. The predicted octanol–water partition coefficient (Wildman–Crippen LogP) is 5.76. The van der Waals surface area contributed by atoms with E-state index < -0.39 is 0 Å². The highest BCUT2D eigenvalue weighted by Crippen LogP contribution is 2.39. The maximum atomic E-state index is 14.5. The molecule has 4 heteroatoms. The molecule has 0 aromatic heterocycles. The third kappa shape index (κ3) is 4.43. The minimum atomic E-state index is -0.296. The van der Waals surface area contributed by atoms with E-state index in [1.807, 2.05) is 6.08 Å². The molecular formula is C28H35FN2O. The van der Waals surface area contributed by atoms with Crippen molar-refractivity contribution in [3.63, 3.8) is 0 Å². The normalized spacial score (nSPS) is 27.7. The molecule has 1 saturated carbocycles. The van der Waals surface area contributed by atoms with Crippen LogP contribution in [0.2, 0.25) is 0 Å². The Hall–Kier alpha value is -2.33. The maximum Gasteiger partial charge on any atom is 0.131 e. The minimum Gasteiger partial charge on any atom is -0.508 e. The molecule has 0 spiro atoms. The van der Waals surface area contributed by atoms with Crippen LogP contribution in [-0.2, 0) is 0 Å². The molecule has 1 aliphatic heterocycles. The van der Waals surface area contributed by atoms with Gasteiger partial charge in [0.05, 0.1) is 0 Å². The van der Waals surface area contributed by atoms with Gasteiger partial charge in [-0.25, -0.2) is 4.39 Å². The highest BCUT2D eigenvalue weighted by atomic mass is 19.1. The number of phenols is 1. The first-order valence-electron chi connectivity index (χ1n) is 12.3. The van der Waals surface area contributed by atoms with Crippen molar-refractivity contribution in [2.75, 3.05) is 33.2 Å². The van der Waals surface area contributed by atoms with Crippen LogP contribution < -0.4 is 0 Å². The number of fused-ring (bicyclic) bond motifs is 2. The summed E-state index contributed by atoms with van der Waals surface area (Å²) in [7, 11) is 2.16. The lowest BCUT2D eigenvalue weighted by Gasteiger charge is -2.33. The van der Waals surface area contributed by atoms with Gasteiger partial charge in [0.2, 0.25) is 0 Å². The molecule has 1 saturated heterocycles. The second-order valence-electron chi connectivity index (χ2n) is 10.0. The van der Waals surface area contributed by atoms with Gasteiger partial charge in [0.1, 0.15) is 11.6 Å². The van der Waals surface area contributed by atoms with Gasteiger partial charge in [-0.2, -0.15) is 0 Å². The van der Waals surface area contributed by atoms with Crippen LogP contribution in [0.5, 0.6) is 5.75 Å². The van der Waals surface area contributed by atoms with Crippen molar-refractivity contribution in [1.82, 2.24) is 9.80 Å².